The topological polar surface area (TPSA) is 105 Å². The number of halogens is 2. The molecule has 0 aliphatic rings. The first-order chi connectivity index (χ1) is 10.7. The van der Waals surface area contributed by atoms with Crippen LogP contribution in [0, 0.1) is 0 Å². The molecule has 2 amide bonds. The number of amides is 2. The molecular weight excluding hydrogens is 448 g/mol. The van der Waals surface area contributed by atoms with E-state index in [1.165, 1.54) is 0 Å². The first-order valence-electron chi connectivity index (χ1n) is 6.54. The van der Waals surface area contributed by atoms with Crippen LogP contribution in [0.5, 0.6) is 0 Å². The molecule has 0 aromatic carbocycles. The van der Waals surface area contributed by atoms with Crippen molar-refractivity contribution >= 4 is 23.6 Å². The van der Waals surface area contributed by atoms with Gasteiger partial charge in [0.25, 0.3) is 0 Å². The Morgan fingerprint density at radius 2 is 1.25 bits per heavy atom. The van der Waals surface area contributed by atoms with Gasteiger partial charge in [-0.05, 0) is 12.1 Å². The molecule has 2 heterocycles. The Balaban J connectivity index is 0.00000264. The molecule has 0 bridgehead atoms. The van der Waals surface area contributed by atoms with Crippen LogP contribution in [0.2, 0.25) is 0 Å². The lowest BCUT2D eigenvalue weighted by Gasteiger charge is -2.07. The van der Waals surface area contributed by atoms with Crippen LogP contribution in [-0.2, 0) is 9.47 Å². The van der Waals surface area contributed by atoms with E-state index < -0.39 is 12.2 Å². The number of aromatic nitrogens is 2. The maximum atomic E-state index is 11.4. The van der Waals surface area contributed by atoms with Gasteiger partial charge in [0.2, 0.25) is 0 Å². The number of nitrogens with one attached hydrogen (secondary N) is 4. The minimum Gasteiger partial charge on any atom is -1.00 e. The zero-order valence-electron chi connectivity index (χ0n) is 12.4. The second-order valence-corrected chi connectivity index (χ2v) is 4.11. The van der Waals surface area contributed by atoms with Crippen molar-refractivity contribution in [3.05, 3.63) is 49.1 Å². The lowest BCUT2D eigenvalue weighted by Crippen LogP contribution is -3.00. The molecule has 2 aromatic rings. The van der Waals surface area contributed by atoms with Gasteiger partial charge in [-0.2, -0.15) is 0 Å². The van der Waals surface area contributed by atoms with Crippen LogP contribution in [0.15, 0.2) is 49.1 Å². The van der Waals surface area contributed by atoms with Crippen LogP contribution < -0.4 is 54.6 Å². The first kappa shape index (κ1) is 21.8. The Morgan fingerprint density at radius 1 is 0.833 bits per heavy atom. The molecule has 0 aliphatic carbocycles. The molecule has 10 heteroatoms. The predicted molar refractivity (Wildman–Crippen MR) is 75.9 cm³/mol. The van der Waals surface area contributed by atoms with E-state index in [-0.39, 0.29) is 47.2 Å². The number of hydrogen-bond donors (Lipinski definition) is 2. The van der Waals surface area contributed by atoms with Gasteiger partial charge in [-0.15, -0.1) is 0 Å². The lowest BCUT2D eigenvalue weighted by atomic mass is 10.4. The molecule has 24 heavy (non-hydrogen) atoms. The van der Waals surface area contributed by atoms with Crippen molar-refractivity contribution < 1.29 is 63.0 Å². The molecule has 2 aromatic heterocycles. The molecule has 0 saturated carbocycles. The highest BCUT2D eigenvalue weighted by atomic mass is 79.9. The molecule has 4 N–H and O–H groups in total. The minimum absolute atomic E-state index is 0. The number of rotatable bonds is 5. The Morgan fingerprint density at radius 3 is 1.58 bits per heavy atom. The van der Waals surface area contributed by atoms with Crippen molar-refractivity contribution in [1.82, 2.24) is 0 Å². The van der Waals surface area contributed by atoms with Gasteiger partial charge in [0.15, 0.2) is 24.8 Å². The number of aromatic amines is 2. The number of pyridine rings is 2. The Bertz CT molecular complexity index is 561. The van der Waals surface area contributed by atoms with Gasteiger partial charge in [0.05, 0.1) is 0 Å². The van der Waals surface area contributed by atoms with Gasteiger partial charge in [-0.25, -0.2) is 19.6 Å². The Labute approximate surface area is 159 Å². The van der Waals surface area contributed by atoms with Crippen molar-refractivity contribution in [2.45, 2.75) is 0 Å². The number of carbonyl (C=O) groups excluding carboxylic acids is 2. The Hall–Kier alpha value is -2.20. The van der Waals surface area contributed by atoms with E-state index in [4.69, 9.17) is 9.47 Å². The monoisotopic (exact) mass is 462 g/mol. The van der Waals surface area contributed by atoms with E-state index in [0.29, 0.717) is 11.4 Å². The molecule has 0 radical (unpaired) electrons. The molecule has 8 nitrogen and oxygen atoms in total. The lowest BCUT2D eigenvalue weighted by molar-refractivity contribution is -0.377. The van der Waals surface area contributed by atoms with E-state index in [2.05, 4.69) is 20.6 Å². The van der Waals surface area contributed by atoms with Crippen LogP contribution in [0.25, 0.3) is 0 Å². The van der Waals surface area contributed by atoms with Crippen LogP contribution in [0.1, 0.15) is 0 Å². The number of ether oxygens (including phenoxy) is 2. The molecule has 0 unspecified atom stereocenters. The van der Waals surface area contributed by atoms with Crippen LogP contribution >= 0.6 is 0 Å². The van der Waals surface area contributed by atoms with Crippen molar-refractivity contribution in [3.8, 4) is 0 Å². The summed E-state index contributed by atoms with van der Waals surface area (Å²) in [4.78, 5) is 28.5. The largest absolute Gasteiger partial charge is 1.00 e. The van der Waals surface area contributed by atoms with Crippen molar-refractivity contribution in [1.29, 1.82) is 0 Å². The third-order valence-electron chi connectivity index (χ3n) is 2.46. The molecule has 2 rings (SSSR count). The molecular formula is C14H16Br2N4O4. The average Bonchev–Trinajstić information content (AvgIpc) is 2.53. The molecule has 0 fully saturated rings. The summed E-state index contributed by atoms with van der Waals surface area (Å²) in [6.45, 7) is -0.0898. The van der Waals surface area contributed by atoms with E-state index in [1.807, 2.05) is 0 Å². The van der Waals surface area contributed by atoms with Crippen LogP contribution in [0.4, 0.5) is 21.0 Å². The van der Waals surface area contributed by atoms with Crippen LogP contribution in [0.3, 0.4) is 0 Å². The summed E-state index contributed by atoms with van der Waals surface area (Å²) < 4.78 is 9.74. The number of carbonyl (C=O) groups is 2. The van der Waals surface area contributed by atoms with Crippen molar-refractivity contribution in [3.63, 3.8) is 0 Å². The van der Waals surface area contributed by atoms with Crippen molar-refractivity contribution in [2.24, 2.45) is 0 Å². The quantitative estimate of drug-likeness (QED) is 0.434. The molecule has 0 atom stereocenters. The zero-order valence-corrected chi connectivity index (χ0v) is 15.6. The third kappa shape index (κ3) is 8.44. The van der Waals surface area contributed by atoms with Gasteiger partial charge < -0.3 is 43.4 Å². The normalized spacial score (nSPS) is 8.83. The fraction of sp³-hybridized carbons (Fsp3) is 0.143. The fourth-order valence-electron chi connectivity index (χ4n) is 1.52. The summed E-state index contributed by atoms with van der Waals surface area (Å²) in [6.07, 6.45) is 5.41. The van der Waals surface area contributed by atoms with E-state index in [0.717, 1.165) is 0 Å². The molecule has 0 saturated heterocycles. The minimum atomic E-state index is -0.624. The van der Waals surface area contributed by atoms with E-state index in [1.54, 1.807) is 49.1 Å². The van der Waals surface area contributed by atoms with E-state index in [9.17, 15) is 9.59 Å². The highest BCUT2D eigenvalue weighted by molar-refractivity contribution is 5.84. The summed E-state index contributed by atoms with van der Waals surface area (Å²) in [6, 6.07) is 6.89. The smallest absolute Gasteiger partial charge is 0.411 e. The number of anilines is 2. The van der Waals surface area contributed by atoms with E-state index >= 15 is 0 Å². The number of hydrogen-bond acceptors (Lipinski definition) is 4. The summed E-state index contributed by atoms with van der Waals surface area (Å²) in [5, 5.41) is 5.03. The Kier molecular flexibility index (Phi) is 11.1. The number of H-pyrrole nitrogens is 2. The highest BCUT2D eigenvalue weighted by Gasteiger charge is 2.07. The van der Waals surface area contributed by atoms with Gasteiger partial charge in [0, 0.05) is 12.1 Å². The second-order valence-electron chi connectivity index (χ2n) is 4.11. The standard InChI is InChI=1S/C14H14N4O4.2BrH/c19-13(17-11-3-1-5-15-9-11)21-7-8-22-14(20)18-12-4-2-6-16-10-12;;/h1-6,9-10H,7-8H2,(H,17,19)(H,18,20);2*1H. The maximum Gasteiger partial charge on any atom is 0.411 e. The predicted octanol–water partition coefficient (Wildman–Crippen LogP) is -4.88. The zero-order chi connectivity index (χ0) is 15.6. The van der Waals surface area contributed by atoms with Gasteiger partial charge in [0.1, 0.15) is 24.6 Å². The first-order valence-corrected chi connectivity index (χ1v) is 6.54. The highest BCUT2D eigenvalue weighted by Crippen LogP contribution is 2.02. The molecule has 130 valence electrons. The van der Waals surface area contributed by atoms with Gasteiger partial charge >= 0.3 is 12.2 Å². The summed E-state index contributed by atoms with van der Waals surface area (Å²) in [5.74, 6) is 0. The average molecular weight is 464 g/mol. The fourth-order valence-corrected chi connectivity index (χ4v) is 1.52. The third-order valence-corrected chi connectivity index (χ3v) is 2.46. The van der Waals surface area contributed by atoms with Gasteiger partial charge in [-0.1, -0.05) is 0 Å². The summed E-state index contributed by atoms with van der Waals surface area (Å²) in [5.41, 5.74) is 1.15. The SMILES string of the molecule is O=C(Nc1ccc[nH+]c1)OCCOC(=O)Nc1ccc[nH+]c1.[Br-].[Br-]. The maximum absolute atomic E-state index is 11.4. The molecule has 0 aliphatic heterocycles. The van der Waals surface area contributed by atoms with Gasteiger partial charge in [-0.3, -0.25) is 10.6 Å². The summed E-state index contributed by atoms with van der Waals surface area (Å²) >= 11 is 0. The second kappa shape index (κ2) is 12.3. The van der Waals surface area contributed by atoms with Crippen LogP contribution in [-0.4, -0.2) is 25.4 Å². The summed E-state index contributed by atoms with van der Waals surface area (Å²) in [7, 11) is 0. The van der Waals surface area contributed by atoms with Crippen molar-refractivity contribution in [2.75, 3.05) is 23.8 Å². The molecule has 0 spiro atoms.